The summed E-state index contributed by atoms with van der Waals surface area (Å²) in [6.07, 6.45) is 0. The molecule has 0 atom stereocenters. The molecule has 0 saturated heterocycles. The van der Waals surface area contributed by atoms with Gasteiger partial charge in [-0.2, -0.15) is 5.10 Å². The Balaban J connectivity index is 2.48. The number of aryl methyl sites for hydroxylation is 1. The Hall–Kier alpha value is -2.04. The summed E-state index contributed by atoms with van der Waals surface area (Å²) in [6, 6.07) is 5.57. The molecule has 0 bridgehead atoms. The highest BCUT2D eigenvalue weighted by Gasteiger charge is 2.14. The summed E-state index contributed by atoms with van der Waals surface area (Å²) in [7, 11) is 3.49. The minimum atomic E-state index is 0.296. The van der Waals surface area contributed by atoms with Crippen molar-refractivity contribution in [1.82, 2.24) is 14.8 Å². The summed E-state index contributed by atoms with van der Waals surface area (Å²) in [6.45, 7) is 4.13. The molecule has 0 fully saturated rings. The molecular formula is C13H18N4O. The molecule has 1 aromatic carbocycles. The van der Waals surface area contributed by atoms with E-state index in [0.29, 0.717) is 11.6 Å². The van der Waals surface area contributed by atoms with E-state index in [0.717, 1.165) is 23.0 Å². The molecule has 0 aliphatic rings. The van der Waals surface area contributed by atoms with Gasteiger partial charge in [-0.15, -0.1) is 0 Å². The van der Waals surface area contributed by atoms with Gasteiger partial charge < -0.3 is 10.5 Å². The van der Waals surface area contributed by atoms with E-state index in [2.05, 4.69) is 23.9 Å². The van der Waals surface area contributed by atoms with Gasteiger partial charge in [0.1, 0.15) is 5.75 Å². The second-order valence-corrected chi connectivity index (χ2v) is 4.53. The van der Waals surface area contributed by atoms with Crippen molar-refractivity contribution in [2.75, 3.05) is 12.8 Å². The SMILES string of the molecule is COc1ccc(-c2nc(C(C)C)nn2C)c(N)c1. The van der Waals surface area contributed by atoms with E-state index in [1.165, 1.54) is 0 Å². The van der Waals surface area contributed by atoms with Crippen LogP contribution < -0.4 is 10.5 Å². The molecule has 1 heterocycles. The fourth-order valence-corrected chi connectivity index (χ4v) is 1.75. The number of methoxy groups -OCH3 is 1. The van der Waals surface area contributed by atoms with Crippen LogP contribution in [-0.4, -0.2) is 21.9 Å². The first-order chi connectivity index (χ1) is 8.52. The van der Waals surface area contributed by atoms with Crippen molar-refractivity contribution >= 4 is 5.69 Å². The first-order valence-electron chi connectivity index (χ1n) is 5.87. The fraction of sp³-hybridized carbons (Fsp3) is 0.385. The van der Waals surface area contributed by atoms with E-state index in [9.17, 15) is 0 Å². The molecule has 0 aliphatic carbocycles. The highest BCUT2D eigenvalue weighted by atomic mass is 16.5. The standard InChI is InChI=1S/C13H18N4O/c1-8(2)12-15-13(17(3)16-12)10-6-5-9(18-4)7-11(10)14/h5-8H,14H2,1-4H3. The number of nitrogens with zero attached hydrogens (tertiary/aromatic N) is 3. The van der Waals surface area contributed by atoms with Gasteiger partial charge in [0.2, 0.25) is 0 Å². The predicted molar refractivity (Wildman–Crippen MR) is 71.5 cm³/mol. The largest absolute Gasteiger partial charge is 0.497 e. The van der Waals surface area contributed by atoms with E-state index in [-0.39, 0.29) is 0 Å². The monoisotopic (exact) mass is 246 g/mol. The molecule has 2 aromatic rings. The van der Waals surface area contributed by atoms with Crippen molar-refractivity contribution in [1.29, 1.82) is 0 Å². The zero-order chi connectivity index (χ0) is 13.3. The molecule has 0 saturated carbocycles. The van der Waals surface area contributed by atoms with E-state index in [1.807, 2.05) is 19.2 Å². The lowest BCUT2D eigenvalue weighted by molar-refractivity contribution is 0.415. The highest BCUT2D eigenvalue weighted by Crippen LogP contribution is 2.28. The molecule has 0 unspecified atom stereocenters. The first kappa shape index (κ1) is 12.4. The topological polar surface area (TPSA) is 66.0 Å². The fourth-order valence-electron chi connectivity index (χ4n) is 1.75. The molecule has 2 N–H and O–H groups in total. The molecule has 0 spiro atoms. The number of hydrogen-bond donors (Lipinski definition) is 1. The Bertz CT molecular complexity index is 560. The molecular weight excluding hydrogens is 228 g/mol. The lowest BCUT2D eigenvalue weighted by Crippen LogP contribution is -1.98. The zero-order valence-electron chi connectivity index (χ0n) is 11.1. The lowest BCUT2D eigenvalue weighted by Gasteiger charge is -2.06. The quantitative estimate of drug-likeness (QED) is 0.843. The molecule has 5 heteroatoms. The summed E-state index contributed by atoms with van der Waals surface area (Å²) in [5.41, 5.74) is 7.53. The molecule has 1 aromatic heterocycles. The van der Waals surface area contributed by atoms with E-state index < -0.39 is 0 Å². The van der Waals surface area contributed by atoms with Gasteiger partial charge >= 0.3 is 0 Å². The number of nitrogen functional groups attached to an aromatic ring is 1. The van der Waals surface area contributed by atoms with Crippen molar-refractivity contribution < 1.29 is 4.74 Å². The van der Waals surface area contributed by atoms with Crippen LogP contribution in [-0.2, 0) is 7.05 Å². The van der Waals surface area contributed by atoms with Gasteiger partial charge in [-0.05, 0) is 12.1 Å². The number of rotatable bonds is 3. The normalized spacial score (nSPS) is 10.9. The van der Waals surface area contributed by atoms with Crippen LogP contribution in [0, 0.1) is 0 Å². The third-order valence-corrected chi connectivity index (χ3v) is 2.80. The van der Waals surface area contributed by atoms with Gasteiger partial charge in [0, 0.05) is 30.3 Å². The minimum Gasteiger partial charge on any atom is -0.497 e. The van der Waals surface area contributed by atoms with Crippen LogP contribution in [0.1, 0.15) is 25.6 Å². The third-order valence-electron chi connectivity index (χ3n) is 2.80. The molecule has 2 rings (SSSR count). The Labute approximate surface area is 107 Å². The molecule has 0 amide bonds. The molecule has 5 nitrogen and oxygen atoms in total. The molecule has 0 aliphatic heterocycles. The average molecular weight is 246 g/mol. The van der Waals surface area contributed by atoms with Crippen molar-refractivity contribution in [3.8, 4) is 17.1 Å². The zero-order valence-corrected chi connectivity index (χ0v) is 11.1. The Morgan fingerprint density at radius 3 is 2.56 bits per heavy atom. The Kier molecular flexibility index (Phi) is 3.23. The maximum absolute atomic E-state index is 6.02. The number of benzene rings is 1. The Morgan fingerprint density at radius 2 is 2.06 bits per heavy atom. The summed E-state index contributed by atoms with van der Waals surface area (Å²) in [5, 5.41) is 4.39. The van der Waals surface area contributed by atoms with Gasteiger partial charge in [0.15, 0.2) is 11.6 Å². The number of aromatic nitrogens is 3. The average Bonchev–Trinajstić information content (AvgIpc) is 2.71. The second kappa shape index (κ2) is 4.68. The van der Waals surface area contributed by atoms with E-state index in [1.54, 1.807) is 17.9 Å². The van der Waals surface area contributed by atoms with Gasteiger partial charge in [-0.3, -0.25) is 0 Å². The molecule has 18 heavy (non-hydrogen) atoms. The minimum absolute atomic E-state index is 0.296. The van der Waals surface area contributed by atoms with Crippen LogP contribution in [0.15, 0.2) is 18.2 Å². The van der Waals surface area contributed by atoms with Gasteiger partial charge in [0.25, 0.3) is 0 Å². The maximum atomic E-state index is 6.02. The summed E-state index contributed by atoms with van der Waals surface area (Å²) in [4.78, 5) is 4.53. The van der Waals surface area contributed by atoms with Crippen LogP contribution in [0.25, 0.3) is 11.4 Å². The van der Waals surface area contributed by atoms with Crippen LogP contribution in [0.4, 0.5) is 5.69 Å². The molecule has 96 valence electrons. The lowest BCUT2D eigenvalue weighted by atomic mass is 10.1. The second-order valence-electron chi connectivity index (χ2n) is 4.53. The predicted octanol–water partition coefficient (Wildman–Crippen LogP) is 2.20. The van der Waals surface area contributed by atoms with Crippen molar-refractivity contribution in [3.05, 3.63) is 24.0 Å². The van der Waals surface area contributed by atoms with Gasteiger partial charge in [0.05, 0.1) is 7.11 Å². The number of anilines is 1. The highest BCUT2D eigenvalue weighted by molar-refractivity contribution is 5.73. The third kappa shape index (κ3) is 2.16. The molecule has 0 radical (unpaired) electrons. The van der Waals surface area contributed by atoms with Crippen molar-refractivity contribution in [2.45, 2.75) is 19.8 Å². The summed E-state index contributed by atoms with van der Waals surface area (Å²) in [5.74, 6) is 2.63. The van der Waals surface area contributed by atoms with Gasteiger partial charge in [-0.25, -0.2) is 9.67 Å². The number of nitrogens with two attached hydrogens (primary N) is 1. The maximum Gasteiger partial charge on any atom is 0.160 e. The summed E-state index contributed by atoms with van der Waals surface area (Å²) >= 11 is 0. The number of hydrogen-bond acceptors (Lipinski definition) is 4. The van der Waals surface area contributed by atoms with Crippen LogP contribution in [0.2, 0.25) is 0 Å². The van der Waals surface area contributed by atoms with Crippen molar-refractivity contribution in [3.63, 3.8) is 0 Å². The Morgan fingerprint density at radius 1 is 1.33 bits per heavy atom. The first-order valence-corrected chi connectivity index (χ1v) is 5.87. The number of ether oxygens (including phenoxy) is 1. The van der Waals surface area contributed by atoms with Crippen LogP contribution >= 0.6 is 0 Å². The van der Waals surface area contributed by atoms with E-state index in [4.69, 9.17) is 10.5 Å². The van der Waals surface area contributed by atoms with Crippen LogP contribution in [0.5, 0.6) is 5.75 Å². The smallest absolute Gasteiger partial charge is 0.160 e. The van der Waals surface area contributed by atoms with Crippen molar-refractivity contribution in [2.24, 2.45) is 7.05 Å². The van der Waals surface area contributed by atoms with E-state index >= 15 is 0 Å². The summed E-state index contributed by atoms with van der Waals surface area (Å²) < 4.78 is 6.89. The van der Waals surface area contributed by atoms with Gasteiger partial charge in [-0.1, -0.05) is 13.8 Å². The van der Waals surface area contributed by atoms with Crippen LogP contribution in [0.3, 0.4) is 0 Å².